The van der Waals surface area contributed by atoms with E-state index in [1.165, 1.54) is 0 Å². The summed E-state index contributed by atoms with van der Waals surface area (Å²) in [7, 11) is 0. The van der Waals surface area contributed by atoms with Gasteiger partial charge in [0, 0.05) is 12.6 Å². The number of hydrogen-bond acceptors (Lipinski definition) is 3. The van der Waals surface area contributed by atoms with E-state index in [1.807, 2.05) is 13.0 Å². The first-order valence-electron chi connectivity index (χ1n) is 7.74. The van der Waals surface area contributed by atoms with Crippen LogP contribution in [0, 0.1) is 5.92 Å². The minimum atomic E-state index is 0.00471. The molecule has 1 aliphatic heterocycles. The molecular formula is C15H26N4O. The topological polar surface area (TPSA) is 59.0 Å². The molecule has 5 heteroatoms. The Morgan fingerprint density at radius 3 is 2.80 bits per heavy atom. The molecule has 2 rings (SSSR count). The number of nitrogens with zero attached hydrogens (tertiary/aromatic N) is 2. The summed E-state index contributed by atoms with van der Waals surface area (Å²) >= 11 is 0. The van der Waals surface area contributed by atoms with E-state index >= 15 is 0 Å². The molecule has 0 spiro atoms. The van der Waals surface area contributed by atoms with Gasteiger partial charge in [0.05, 0.1) is 5.69 Å². The van der Waals surface area contributed by atoms with Crippen LogP contribution < -0.4 is 10.6 Å². The van der Waals surface area contributed by atoms with E-state index in [2.05, 4.69) is 29.6 Å². The second kappa shape index (κ2) is 6.88. The summed E-state index contributed by atoms with van der Waals surface area (Å²) in [5.74, 6) is 0.578. The van der Waals surface area contributed by atoms with Gasteiger partial charge >= 0.3 is 0 Å². The van der Waals surface area contributed by atoms with E-state index in [1.54, 1.807) is 4.68 Å². The Morgan fingerprint density at radius 2 is 2.20 bits per heavy atom. The third-order valence-corrected chi connectivity index (χ3v) is 4.17. The molecule has 0 aliphatic carbocycles. The number of rotatable bonds is 5. The molecule has 1 amide bonds. The molecule has 1 aromatic heterocycles. The average molecular weight is 278 g/mol. The van der Waals surface area contributed by atoms with Crippen LogP contribution in [-0.2, 0) is 13.0 Å². The lowest BCUT2D eigenvalue weighted by molar-refractivity contribution is 0.0910. The highest BCUT2D eigenvalue weighted by Crippen LogP contribution is 2.16. The fourth-order valence-electron chi connectivity index (χ4n) is 2.81. The van der Waals surface area contributed by atoms with Gasteiger partial charge in [0.15, 0.2) is 0 Å². The van der Waals surface area contributed by atoms with Crippen molar-refractivity contribution in [2.45, 2.75) is 52.6 Å². The van der Waals surface area contributed by atoms with Crippen LogP contribution in [0.5, 0.6) is 0 Å². The Hall–Kier alpha value is -1.36. The molecule has 5 nitrogen and oxygen atoms in total. The van der Waals surface area contributed by atoms with Crippen molar-refractivity contribution in [2.24, 2.45) is 5.92 Å². The van der Waals surface area contributed by atoms with Gasteiger partial charge < -0.3 is 10.6 Å². The van der Waals surface area contributed by atoms with Crippen molar-refractivity contribution < 1.29 is 4.79 Å². The van der Waals surface area contributed by atoms with Crippen LogP contribution in [0.1, 0.15) is 49.8 Å². The van der Waals surface area contributed by atoms with E-state index < -0.39 is 0 Å². The Morgan fingerprint density at radius 1 is 1.50 bits per heavy atom. The lowest BCUT2D eigenvalue weighted by Gasteiger charge is -2.28. The van der Waals surface area contributed by atoms with E-state index in [0.29, 0.717) is 11.6 Å². The molecule has 112 valence electrons. The first kappa shape index (κ1) is 15.0. The van der Waals surface area contributed by atoms with E-state index in [4.69, 9.17) is 0 Å². The van der Waals surface area contributed by atoms with Crippen molar-refractivity contribution in [3.05, 3.63) is 17.5 Å². The van der Waals surface area contributed by atoms with E-state index in [-0.39, 0.29) is 11.9 Å². The minimum absolute atomic E-state index is 0.00471. The summed E-state index contributed by atoms with van der Waals surface area (Å²) < 4.78 is 1.79. The molecule has 0 radical (unpaired) electrons. The van der Waals surface area contributed by atoms with Gasteiger partial charge in [0.1, 0.15) is 5.69 Å². The third-order valence-electron chi connectivity index (χ3n) is 4.17. The molecule has 2 N–H and O–H groups in total. The molecule has 1 aliphatic rings. The lowest BCUT2D eigenvalue weighted by Crippen LogP contribution is -2.43. The molecule has 1 saturated heterocycles. The molecular weight excluding hydrogens is 252 g/mol. The molecule has 1 atom stereocenters. The fraction of sp³-hybridized carbons (Fsp3) is 0.733. The largest absolute Gasteiger partial charge is 0.348 e. The van der Waals surface area contributed by atoms with Crippen LogP contribution >= 0.6 is 0 Å². The summed E-state index contributed by atoms with van der Waals surface area (Å²) in [5, 5.41) is 10.9. The monoisotopic (exact) mass is 278 g/mol. The number of hydrogen-bond donors (Lipinski definition) is 2. The highest BCUT2D eigenvalue weighted by molar-refractivity contribution is 5.92. The van der Waals surface area contributed by atoms with Crippen molar-refractivity contribution in [1.29, 1.82) is 0 Å². The number of carbonyl (C=O) groups excluding carboxylic acids is 1. The Kier molecular flexibility index (Phi) is 5.17. The Balaban J connectivity index is 2.01. The zero-order valence-electron chi connectivity index (χ0n) is 12.8. The first-order valence-corrected chi connectivity index (χ1v) is 7.74. The number of aromatic nitrogens is 2. The molecule has 1 fully saturated rings. The lowest BCUT2D eigenvalue weighted by atomic mass is 9.91. The number of aryl methyl sites for hydroxylation is 2. The zero-order chi connectivity index (χ0) is 14.5. The van der Waals surface area contributed by atoms with Crippen LogP contribution in [-0.4, -0.2) is 34.8 Å². The maximum absolute atomic E-state index is 12.4. The summed E-state index contributed by atoms with van der Waals surface area (Å²) in [5.41, 5.74) is 1.66. The molecule has 0 bridgehead atoms. The predicted octanol–water partition coefficient (Wildman–Crippen LogP) is 1.58. The van der Waals surface area contributed by atoms with Gasteiger partial charge in [0.25, 0.3) is 5.91 Å². The fourth-order valence-corrected chi connectivity index (χ4v) is 2.81. The summed E-state index contributed by atoms with van der Waals surface area (Å²) in [6.07, 6.45) is 3.13. The van der Waals surface area contributed by atoms with Crippen molar-refractivity contribution >= 4 is 5.91 Å². The summed E-state index contributed by atoms with van der Waals surface area (Å²) in [6, 6.07) is 2.13. The quantitative estimate of drug-likeness (QED) is 0.860. The number of piperidine rings is 1. The minimum Gasteiger partial charge on any atom is -0.348 e. The third kappa shape index (κ3) is 3.39. The van der Waals surface area contributed by atoms with Gasteiger partial charge in [-0.3, -0.25) is 9.48 Å². The SMILES string of the molecule is CCc1cc(C(=O)NC(C)C2CCNCC2)n(CC)n1. The molecule has 1 unspecified atom stereocenters. The van der Waals surface area contributed by atoms with Crippen LogP contribution in [0.4, 0.5) is 0 Å². The van der Waals surface area contributed by atoms with Crippen molar-refractivity contribution in [3.63, 3.8) is 0 Å². The standard InChI is InChI=1S/C15H26N4O/c1-4-13-10-14(19(5-2)18-13)15(20)17-11(3)12-6-8-16-9-7-12/h10-12,16H,4-9H2,1-3H3,(H,17,20). The van der Waals surface area contributed by atoms with Gasteiger partial charge in [0.2, 0.25) is 0 Å². The molecule has 20 heavy (non-hydrogen) atoms. The predicted molar refractivity (Wildman–Crippen MR) is 79.8 cm³/mol. The maximum atomic E-state index is 12.4. The van der Waals surface area contributed by atoms with Crippen LogP contribution in [0.2, 0.25) is 0 Å². The normalized spacial score (nSPS) is 17.9. The zero-order valence-corrected chi connectivity index (χ0v) is 12.8. The highest BCUT2D eigenvalue weighted by atomic mass is 16.2. The van der Waals surface area contributed by atoms with Crippen LogP contribution in [0.25, 0.3) is 0 Å². The van der Waals surface area contributed by atoms with E-state index in [0.717, 1.165) is 44.6 Å². The van der Waals surface area contributed by atoms with Crippen LogP contribution in [0.15, 0.2) is 6.07 Å². The number of amides is 1. The number of nitrogens with one attached hydrogen (secondary N) is 2. The van der Waals surface area contributed by atoms with Crippen LogP contribution in [0.3, 0.4) is 0 Å². The molecule has 0 aromatic carbocycles. The van der Waals surface area contributed by atoms with Crippen molar-refractivity contribution in [3.8, 4) is 0 Å². The van der Waals surface area contributed by atoms with E-state index in [9.17, 15) is 4.79 Å². The first-order chi connectivity index (χ1) is 9.65. The number of carbonyl (C=O) groups is 1. The average Bonchev–Trinajstić information content (AvgIpc) is 2.91. The second-order valence-electron chi connectivity index (χ2n) is 5.54. The Labute approximate surface area is 121 Å². The van der Waals surface area contributed by atoms with Gasteiger partial charge in [-0.05, 0) is 58.2 Å². The van der Waals surface area contributed by atoms with Gasteiger partial charge in [-0.15, -0.1) is 0 Å². The van der Waals surface area contributed by atoms with Crippen molar-refractivity contribution in [1.82, 2.24) is 20.4 Å². The smallest absolute Gasteiger partial charge is 0.269 e. The van der Waals surface area contributed by atoms with Gasteiger partial charge in [-0.2, -0.15) is 5.10 Å². The maximum Gasteiger partial charge on any atom is 0.269 e. The Bertz CT molecular complexity index is 449. The molecule has 1 aromatic rings. The summed E-state index contributed by atoms with van der Waals surface area (Å²) in [6.45, 7) is 9.02. The molecule has 2 heterocycles. The highest BCUT2D eigenvalue weighted by Gasteiger charge is 2.23. The van der Waals surface area contributed by atoms with Gasteiger partial charge in [-0.25, -0.2) is 0 Å². The van der Waals surface area contributed by atoms with Crippen molar-refractivity contribution in [2.75, 3.05) is 13.1 Å². The van der Waals surface area contributed by atoms with Gasteiger partial charge in [-0.1, -0.05) is 6.92 Å². The summed E-state index contributed by atoms with van der Waals surface area (Å²) in [4.78, 5) is 12.4. The second-order valence-corrected chi connectivity index (χ2v) is 5.54. The molecule has 0 saturated carbocycles.